The molecule has 3 nitrogen and oxygen atoms in total. The Hall–Kier alpha value is -0.0713. The van der Waals surface area contributed by atoms with Crippen molar-refractivity contribution in [2.45, 2.75) is 84.4 Å². The molecule has 0 N–H and O–H groups in total. The van der Waals surface area contributed by atoms with Crippen molar-refractivity contribution in [1.82, 2.24) is 0 Å². The van der Waals surface area contributed by atoms with E-state index >= 15 is 0 Å². The first-order valence-corrected chi connectivity index (χ1v) is 16.7. The second-order valence-corrected chi connectivity index (χ2v) is 16.3. The van der Waals surface area contributed by atoms with Gasteiger partial charge in [0, 0.05) is 0 Å². The van der Waals surface area contributed by atoms with Crippen LogP contribution in [0.3, 0.4) is 0 Å². The number of benzene rings is 1. The number of aryl methyl sites for hydroxylation is 1. The van der Waals surface area contributed by atoms with Crippen molar-refractivity contribution >= 4 is 29.9 Å². The molecule has 0 bridgehead atoms. The fraction of sp³-hybridized carbons (Fsp3) is 0.684. The van der Waals surface area contributed by atoms with Crippen LogP contribution in [0.2, 0.25) is 13.3 Å². The number of hydrogen-bond donors (Lipinski definition) is 0. The van der Waals surface area contributed by atoms with Gasteiger partial charge in [0.25, 0.3) is 0 Å². The zero-order chi connectivity index (χ0) is 18.4. The molecule has 1 rings (SSSR count). The van der Waals surface area contributed by atoms with Gasteiger partial charge in [0.05, 0.1) is 4.90 Å². The number of unbranched alkanes of at least 4 members (excludes halogenated alkanes) is 3. The fourth-order valence-electron chi connectivity index (χ4n) is 2.36. The molecule has 138 valence electrons. The molecule has 1 aromatic carbocycles. The molecule has 0 spiro atoms. The van der Waals surface area contributed by atoms with Crippen molar-refractivity contribution in [3.63, 3.8) is 0 Å². The predicted molar refractivity (Wildman–Crippen MR) is 104 cm³/mol. The molecule has 0 aliphatic heterocycles. The maximum atomic E-state index is 10.4. The van der Waals surface area contributed by atoms with Crippen molar-refractivity contribution in [1.29, 1.82) is 0 Å². The summed E-state index contributed by atoms with van der Waals surface area (Å²) in [7, 11) is -4.27. The molecule has 0 aromatic heterocycles. The van der Waals surface area contributed by atoms with Gasteiger partial charge in [-0.25, -0.2) is 8.42 Å². The third-order valence-electron chi connectivity index (χ3n) is 3.96. The SMILES string of the molecule is CCC[CH2][Sn+]([CH2]CCC)[CH2]CCC.Cc1ccc(S(=O)(=O)[O-])cc1. The average molecular weight is 461 g/mol. The molecular weight excluding hydrogens is 427 g/mol. The Balaban J connectivity index is 0.000000446. The summed E-state index contributed by atoms with van der Waals surface area (Å²) < 4.78 is 36.2. The molecular formula is C19H34O3SSn. The maximum Gasteiger partial charge on any atom is 0.124 e. The first-order chi connectivity index (χ1) is 11.3. The topological polar surface area (TPSA) is 57.2 Å². The van der Waals surface area contributed by atoms with Crippen LogP contribution >= 0.6 is 0 Å². The Morgan fingerprint density at radius 2 is 1.21 bits per heavy atom. The molecule has 1 aromatic rings. The molecule has 24 heavy (non-hydrogen) atoms. The van der Waals surface area contributed by atoms with Gasteiger partial charge in [-0.05, 0) is 19.1 Å². The fourth-order valence-corrected chi connectivity index (χ4v) is 12.3. The molecule has 0 amide bonds. The standard InChI is InChI=1S/C7H8O3S.3C4H9.Sn/c1-6-2-4-7(5-3-6)11(8,9)10;3*1-3-4-2;/h2-5H,1H3,(H,8,9,10);3*1,3-4H2,2H3;/q;;;;+1/p-1. The van der Waals surface area contributed by atoms with Crippen LogP contribution in [0.1, 0.15) is 64.9 Å². The monoisotopic (exact) mass is 462 g/mol. The molecule has 0 heterocycles. The minimum absolute atomic E-state index is 0.178. The Bertz CT molecular complexity index is 493. The zero-order valence-corrected chi connectivity index (χ0v) is 19.5. The van der Waals surface area contributed by atoms with Crippen LogP contribution in [0.5, 0.6) is 0 Å². The van der Waals surface area contributed by atoms with E-state index in [-0.39, 0.29) is 4.90 Å². The van der Waals surface area contributed by atoms with Gasteiger partial charge in [-0.3, -0.25) is 0 Å². The Morgan fingerprint density at radius 3 is 1.50 bits per heavy atom. The molecule has 0 aliphatic rings. The van der Waals surface area contributed by atoms with Gasteiger partial charge in [0.1, 0.15) is 10.1 Å². The van der Waals surface area contributed by atoms with Gasteiger partial charge in [-0.15, -0.1) is 0 Å². The minimum Gasteiger partial charge on any atom is -0.744 e. The minimum atomic E-state index is -4.27. The molecule has 0 saturated carbocycles. The van der Waals surface area contributed by atoms with Crippen molar-refractivity contribution in [2.24, 2.45) is 0 Å². The molecule has 0 radical (unpaired) electrons. The van der Waals surface area contributed by atoms with Gasteiger partial charge in [0.2, 0.25) is 0 Å². The second kappa shape index (κ2) is 14.1. The van der Waals surface area contributed by atoms with Crippen molar-refractivity contribution in [2.75, 3.05) is 0 Å². The third-order valence-corrected chi connectivity index (χ3v) is 13.9. The van der Waals surface area contributed by atoms with E-state index in [4.69, 9.17) is 0 Å². The molecule has 0 saturated heterocycles. The Labute approximate surface area is 156 Å². The van der Waals surface area contributed by atoms with E-state index in [1.165, 1.54) is 50.7 Å². The van der Waals surface area contributed by atoms with E-state index < -0.39 is 29.9 Å². The maximum absolute atomic E-state index is 10.4. The summed E-state index contributed by atoms with van der Waals surface area (Å²) in [5.74, 6) is 0. The quantitative estimate of drug-likeness (QED) is 0.328. The molecule has 5 heteroatoms. The van der Waals surface area contributed by atoms with E-state index in [2.05, 4.69) is 20.8 Å². The summed E-state index contributed by atoms with van der Waals surface area (Å²) in [5.41, 5.74) is 0.928. The van der Waals surface area contributed by atoms with E-state index in [0.29, 0.717) is 0 Å². The average Bonchev–Trinajstić information content (AvgIpc) is 2.54. The van der Waals surface area contributed by atoms with Crippen LogP contribution < -0.4 is 0 Å². The van der Waals surface area contributed by atoms with E-state index in [1.807, 2.05) is 6.92 Å². The molecule has 0 unspecified atom stereocenters. The van der Waals surface area contributed by atoms with Crippen LogP contribution in [0.25, 0.3) is 0 Å². The third kappa shape index (κ3) is 12.3. The van der Waals surface area contributed by atoms with Gasteiger partial charge < -0.3 is 4.55 Å². The summed E-state index contributed by atoms with van der Waals surface area (Å²) >= 11 is -0.839. The predicted octanol–water partition coefficient (Wildman–Crippen LogP) is 5.78. The summed E-state index contributed by atoms with van der Waals surface area (Å²) in [6, 6.07) is 5.78. The summed E-state index contributed by atoms with van der Waals surface area (Å²) in [4.78, 5) is -0.178. The Morgan fingerprint density at radius 1 is 0.833 bits per heavy atom. The molecule has 0 fully saturated rings. The summed E-state index contributed by atoms with van der Waals surface area (Å²) in [6.45, 7) is 8.82. The van der Waals surface area contributed by atoms with Crippen LogP contribution in [0.4, 0.5) is 0 Å². The Kier molecular flexibility index (Phi) is 14.1. The first-order valence-electron chi connectivity index (χ1n) is 9.21. The number of rotatable bonds is 10. The van der Waals surface area contributed by atoms with E-state index in [9.17, 15) is 13.0 Å². The van der Waals surface area contributed by atoms with Crippen LogP contribution in [-0.4, -0.2) is 32.7 Å². The largest absolute Gasteiger partial charge is 0.744 e. The molecule has 0 aliphatic carbocycles. The van der Waals surface area contributed by atoms with E-state index in [1.54, 1.807) is 25.4 Å². The van der Waals surface area contributed by atoms with Crippen molar-refractivity contribution in [3.05, 3.63) is 29.8 Å². The van der Waals surface area contributed by atoms with Gasteiger partial charge >= 0.3 is 92.4 Å². The van der Waals surface area contributed by atoms with Gasteiger partial charge in [-0.2, -0.15) is 0 Å². The normalized spacial score (nSPS) is 10.9. The smallest absolute Gasteiger partial charge is 0.124 e. The van der Waals surface area contributed by atoms with E-state index in [0.717, 1.165) is 5.56 Å². The van der Waals surface area contributed by atoms with Gasteiger partial charge in [0.15, 0.2) is 0 Å². The summed E-state index contributed by atoms with van der Waals surface area (Å²) in [5, 5.41) is 0. The van der Waals surface area contributed by atoms with Crippen molar-refractivity contribution in [3.8, 4) is 0 Å². The number of hydrogen-bond acceptors (Lipinski definition) is 3. The van der Waals surface area contributed by atoms with Crippen molar-refractivity contribution < 1.29 is 13.0 Å². The molecule has 0 atom stereocenters. The van der Waals surface area contributed by atoms with Crippen LogP contribution in [0.15, 0.2) is 29.2 Å². The second-order valence-electron chi connectivity index (χ2n) is 6.33. The zero-order valence-electron chi connectivity index (χ0n) is 15.8. The van der Waals surface area contributed by atoms with Crippen LogP contribution in [0, 0.1) is 6.92 Å². The summed E-state index contributed by atoms with van der Waals surface area (Å²) in [6.07, 6.45) is 8.85. The first kappa shape index (κ1) is 23.9. The van der Waals surface area contributed by atoms with Gasteiger partial charge in [-0.1, -0.05) is 17.7 Å². The van der Waals surface area contributed by atoms with Crippen LogP contribution in [-0.2, 0) is 10.1 Å².